The molecule has 3 atom stereocenters. The van der Waals surface area contributed by atoms with Gasteiger partial charge in [-0.2, -0.15) is 0 Å². The van der Waals surface area contributed by atoms with Gasteiger partial charge in [-0.3, -0.25) is 4.79 Å². The minimum atomic E-state index is -1.06. The SMILES string of the molecule is O=C(N[C@H](C(=O)O)C1CC1)c1cc(C2CC2)c(OCC23CC4CC(CC2C4)C3)cc1F. The van der Waals surface area contributed by atoms with Gasteiger partial charge in [-0.25, -0.2) is 9.18 Å². The Kier molecular flexibility index (Phi) is 4.38. The van der Waals surface area contributed by atoms with Crippen LogP contribution in [0.15, 0.2) is 12.1 Å². The molecule has 1 amide bonds. The normalized spacial score (nSPS) is 34.0. The van der Waals surface area contributed by atoms with Crippen molar-refractivity contribution in [2.24, 2.45) is 29.1 Å². The summed E-state index contributed by atoms with van der Waals surface area (Å²) >= 11 is 0. The van der Waals surface area contributed by atoms with Crippen molar-refractivity contribution in [3.63, 3.8) is 0 Å². The number of nitrogens with one attached hydrogen (secondary N) is 1. The summed E-state index contributed by atoms with van der Waals surface area (Å²) in [6, 6.07) is 2.03. The number of ether oxygens (including phenoxy) is 1. The maximum Gasteiger partial charge on any atom is 0.326 e. The molecule has 2 unspecified atom stereocenters. The molecule has 6 aliphatic rings. The lowest BCUT2D eigenvalue weighted by Crippen LogP contribution is -2.42. The highest BCUT2D eigenvalue weighted by molar-refractivity contribution is 5.97. The second kappa shape index (κ2) is 6.94. The summed E-state index contributed by atoms with van der Waals surface area (Å²) in [6.07, 6.45) is 10.1. The van der Waals surface area contributed by atoms with Crippen LogP contribution in [0.2, 0.25) is 0 Å². The number of carboxylic acids is 1. The zero-order valence-electron chi connectivity index (χ0n) is 17.7. The second-order valence-corrected chi connectivity index (χ2v) is 11.0. The molecule has 6 fully saturated rings. The van der Waals surface area contributed by atoms with Crippen LogP contribution in [0.5, 0.6) is 5.75 Å². The van der Waals surface area contributed by atoms with E-state index in [0.717, 1.165) is 49.0 Å². The van der Waals surface area contributed by atoms with Crippen molar-refractivity contribution in [2.75, 3.05) is 6.61 Å². The fourth-order valence-corrected chi connectivity index (χ4v) is 7.04. The van der Waals surface area contributed by atoms with E-state index in [9.17, 15) is 19.1 Å². The van der Waals surface area contributed by atoms with Gasteiger partial charge in [0.1, 0.15) is 17.6 Å². The number of hydrogen-bond acceptors (Lipinski definition) is 3. The van der Waals surface area contributed by atoms with Crippen LogP contribution in [-0.2, 0) is 4.79 Å². The van der Waals surface area contributed by atoms with Crippen molar-refractivity contribution in [1.82, 2.24) is 5.32 Å². The number of hydrogen-bond donors (Lipinski definition) is 2. The molecule has 7 rings (SSSR count). The largest absolute Gasteiger partial charge is 0.493 e. The molecule has 31 heavy (non-hydrogen) atoms. The number of benzene rings is 1. The van der Waals surface area contributed by atoms with Crippen molar-refractivity contribution < 1.29 is 23.8 Å². The molecule has 0 aliphatic heterocycles. The van der Waals surface area contributed by atoms with E-state index in [1.165, 1.54) is 38.2 Å². The quantitative estimate of drug-likeness (QED) is 0.640. The molecule has 0 saturated heterocycles. The maximum absolute atomic E-state index is 15.0. The lowest BCUT2D eigenvalue weighted by Gasteiger charge is -2.33. The third-order valence-electron chi connectivity index (χ3n) is 8.68. The van der Waals surface area contributed by atoms with Crippen molar-refractivity contribution in [3.8, 4) is 5.75 Å². The molecule has 6 saturated carbocycles. The highest BCUT2D eigenvalue weighted by atomic mass is 19.1. The van der Waals surface area contributed by atoms with E-state index in [0.29, 0.717) is 18.3 Å². The highest BCUT2D eigenvalue weighted by Gasteiger charge is 2.58. The molecular formula is C25H30FNO4. The number of halogens is 1. The number of carbonyl (C=O) groups is 2. The number of rotatable bonds is 8. The van der Waals surface area contributed by atoms with Gasteiger partial charge in [0, 0.05) is 11.5 Å². The summed E-state index contributed by atoms with van der Waals surface area (Å²) in [7, 11) is 0. The molecule has 1 aromatic rings. The first-order valence-corrected chi connectivity index (χ1v) is 11.9. The zero-order chi connectivity index (χ0) is 21.3. The number of amides is 1. The Labute approximate surface area is 181 Å². The van der Waals surface area contributed by atoms with Gasteiger partial charge >= 0.3 is 5.97 Å². The van der Waals surface area contributed by atoms with Crippen LogP contribution in [0.4, 0.5) is 4.39 Å². The molecule has 5 nitrogen and oxygen atoms in total. The van der Waals surface area contributed by atoms with Gasteiger partial charge < -0.3 is 15.2 Å². The second-order valence-electron chi connectivity index (χ2n) is 11.0. The summed E-state index contributed by atoms with van der Waals surface area (Å²) in [6.45, 7) is 0.651. The summed E-state index contributed by atoms with van der Waals surface area (Å²) < 4.78 is 21.3. The first-order valence-electron chi connectivity index (χ1n) is 11.9. The van der Waals surface area contributed by atoms with Crippen LogP contribution in [0, 0.1) is 34.9 Å². The Hall–Kier alpha value is -2.11. The van der Waals surface area contributed by atoms with Gasteiger partial charge in [-0.05, 0) is 99.0 Å². The summed E-state index contributed by atoms with van der Waals surface area (Å²) in [5.74, 6) is 0.947. The van der Waals surface area contributed by atoms with Gasteiger partial charge in [-0.1, -0.05) is 0 Å². The van der Waals surface area contributed by atoms with E-state index in [1.807, 2.05) is 0 Å². The van der Waals surface area contributed by atoms with Gasteiger partial charge in [0.15, 0.2) is 0 Å². The Morgan fingerprint density at radius 1 is 1.13 bits per heavy atom. The fraction of sp³-hybridized carbons (Fsp3) is 0.680. The molecule has 166 valence electrons. The van der Waals surface area contributed by atoms with Crippen LogP contribution >= 0.6 is 0 Å². The number of aliphatic carboxylic acids is 1. The van der Waals surface area contributed by atoms with Crippen LogP contribution < -0.4 is 10.1 Å². The van der Waals surface area contributed by atoms with Crippen molar-refractivity contribution in [2.45, 2.75) is 69.7 Å². The van der Waals surface area contributed by atoms with Crippen LogP contribution in [-0.4, -0.2) is 29.6 Å². The first-order chi connectivity index (χ1) is 14.9. The summed E-state index contributed by atoms with van der Waals surface area (Å²) in [4.78, 5) is 24.2. The smallest absolute Gasteiger partial charge is 0.326 e. The van der Waals surface area contributed by atoms with E-state index in [2.05, 4.69) is 5.32 Å². The Morgan fingerprint density at radius 3 is 2.45 bits per heavy atom. The molecule has 0 spiro atoms. The molecule has 0 heterocycles. The van der Waals surface area contributed by atoms with E-state index >= 15 is 0 Å². The Morgan fingerprint density at radius 2 is 1.84 bits per heavy atom. The van der Waals surface area contributed by atoms with E-state index in [-0.39, 0.29) is 16.9 Å². The van der Waals surface area contributed by atoms with Gasteiger partial charge in [0.25, 0.3) is 5.91 Å². The number of carboxylic acid groups (broad SMARTS) is 1. The average molecular weight is 428 g/mol. The molecule has 6 aliphatic carbocycles. The molecule has 6 heteroatoms. The van der Waals surface area contributed by atoms with Crippen molar-refractivity contribution in [1.29, 1.82) is 0 Å². The summed E-state index contributed by atoms with van der Waals surface area (Å²) in [5, 5.41) is 11.9. The highest BCUT2D eigenvalue weighted by Crippen LogP contribution is 2.65. The van der Waals surface area contributed by atoms with Crippen molar-refractivity contribution in [3.05, 3.63) is 29.1 Å². The first kappa shape index (κ1) is 19.6. The van der Waals surface area contributed by atoms with Gasteiger partial charge in [-0.15, -0.1) is 0 Å². The predicted octanol–water partition coefficient (Wildman–Crippen LogP) is 4.50. The van der Waals surface area contributed by atoms with Crippen molar-refractivity contribution >= 4 is 11.9 Å². The standard InChI is InChI=1S/C25H30FNO4/c26-20-9-21(31-12-25-10-13-5-14(11-25)7-17(25)6-13)18(15-1-2-15)8-19(20)23(28)27-22(24(29)30)16-3-4-16/h8-9,13-17,22H,1-7,10-12H2,(H,27,28)(H,29,30)/t13?,14?,17?,22-,25?/m0/s1. The van der Waals surface area contributed by atoms with E-state index in [1.54, 1.807) is 6.07 Å². The van der Waals surface area contributed by atoms with Crippen LogP contribution in [0.1, 0.15) is 79.6 Å². The number of carbonyl (C=O) groups excluding carboxylic acids is 1. The Bertz CT molecular complexity index is 924. The lowest BCUT2D eigenvalue weighted by atomic mass is 9.76. The summed E-state index contributed by atoms with van der Waals surface area (Å²) in [5.41, 5.74) is 1.10. The van der Waals surface area contributed by atoms with Gasteiger partial charge in [0.2, 0.25) is 0 Å². The maximum atomic E-state index is 15.0. The van der Waals surface area contributed by atoms with Crippen LogP contribution in [0.25, 0.3) is 0 Å². The molecule has 2 N–H and O–H groups in total. The van der Waals surface area contributed by atoms with E-state index < -0.39 is 23.7 Å². The average Bonchev–Trinajstić information content (AvgIpc) is 3.63. The molecule has 0 aromatic heterocycles. The predicted molar refractivity (Wildman–Crippen MR) is 111 cm³/mol. The third kappa shape index (κ3) is 3.42. The third-order valence-corrected chi connectivity index (χ3v) is 8.68. The lowest BCUT2D eigenvalue weighted by molar-refractivity contribution is -0.139. The minimum Gasteiger partial charge on any atom is -0.493 e. The minimum absolute atomic E-state index is 0.0498. The molecule has 1 aromatic carbocycles. The fourth-order valence-electron chi connectivity index (χ4n) is 7.04. The monoisotopic (exact) mass is 427 g/mol. The Balaban J connectivity index is 1.22. The van der Waals surface area contributed by atoms with Gasteiger partial charge in [0.05, 0.1) is 12.2 Å². The topological polar surface area (TPSA) is 75.6 Å². The molecule has 4 bridgehead atoms. The van der Waals surface area contributed by atoms with Crippen LogP contribution in [0.3, 0.4) is 0 Å². The molecule has 0 radical (unpaired) electrons. The zero-order valence-corrected chi connectivity index (χ0v) is 17.7. The van der Waals surface area contributed by atoms with E-state index in [4.69, 9.17) is 4.74 Å². The molecular weight excluding hydrogens is 397 g/mol.